The van der Waals surface area contributed by atoms with Crippen LogP contribution in [0.2, 0.25) is 0 Å². The second kappa shape index (κ2) is 10.6. The van der Waals surface area contributed by atoms with Gasteiger partial charge >= 0.3 is 0 Å². The highest BCUT2D eigenvalue weighted by Gasteiger charge is 2.02. The summed E-state index contributed by atoms with van der Waals surface area (Å²) in [5, 5.41) is 0. The Bertz CT molecular complexity index is 147. The van der Waals surface area contributed by atoms with Gasteiger partial charge in [-0.05, 0) is 26.7 Å². The highest BCUT2D eigenvalue weighted by Crippen LogP contribution is 2.14. The maximum Gasteiger partial charge on any atom is 0.0143 e. The Hall–Kier alpha value is -0.460. The molecule has 0 aliphatic heterocycles. The van der Waals surface area contributed by atoms with Gasteiger partial charge in [0.05, 0.1) is 0 Å². The number of rotatable bonds is 4. The van der Waals surface area contributed by atoms with E-state index in [-0.39, 0.29) is 0 Å². The third kappa shape index (κ3) is 6.99. The molecule has 0 heterocycles. The van der Waals surface area contributed by atoms with E-state index in [1.54, 1.807) is 0 Å². The van der Waals surface area contributed by atoms with Crippen LogP contribution in [-0.2, 0) is 0 Å². The zero-order valence-corrected chi connectivity index (χ0v) is 11.3. The van der Waals surface area contributed by atoms with Crippen LogP contribution in [0.4, 0.5) is 0 Å². The van der Waals surface area contributed by atoms with Crippen LogP contribution in [-0.4, -0.2) is 18.5 Å². The van der Waals surface area contributed by atoms with E-state index in [0.717, 1.165) is 13.0 Å². The average molecular weight is 199 g/mol. The summed E-state index contributed by atoms with van der Waals surface area (Å²) >= 11 is 0. The molecule has 0 saturated heterocycles. The van der Waals surface area contributed by atoms with Gasteiger partial charge in [-0.3, -0.25) is 0 Å². The number of hydrogen-bond acceptors (Lipinski definition) is 1. The van der Waals surface area contributed by atoms with Crippen molar-refractivity contribution in [3.05, 3.63) is 11.3 Å². The molecule has 0 fully saturated rings. The van der Waals surface area contributed by atoms with Gasteiger partial charge in [0, 0.05) is 19.3 Å². The van der Waals surface area contributed by atoms with Crippen molar-refractivity contribution >= 4 is 0 Å². The van der Waals surface area contributed by atoms with Crippen LogP contribution >= 0.6 is 0 Å². The lowest BCUT2D eigenvalue weighted by atomic mass is 10.1. The lowest BCUT2D eigenvalue weighted by Crippen LogP contribution is -2.17. The van der Waals surface area contributed by atoms with Crippen LogP contribution in [0.5, 0.6) is 0 Å². The normalized spacial score (nSPS) is 11.4. The van der Waals surface area contributed by atoms with Gasteiger partial charge in [0.15, 0.2) is 0 Å². The SMILES string of the molecule is CC/C(C)=C(\CC)N(C)CC.CCC. The molecule has 1 nitrogen and oxygen atoms in total. The molecule has 0 aliphatic carbocycles. The monoisotopic (exact) mass is 199 g/mol. The standard InChI is InChI=1S/C10H21N.C3H8/c1-6-9(4)10(7-2)11(5)8-3;1-3-2/h6-8H2,1-5H3;3H2,1-2H3/b10-9+;. The molecule has 0 amide bonds. The summed E-state index contributed by atoms with van der Waals surface area (Å²) in [6.07, 6.45) is 3.58. The highest BCUT2D eigenvalue weighted by molar-refractivity contribution is 5.09. The third-order valence-electron chi connectivity index (χ3n) is 2.29. The Morgan fingerprint density at radius 2 is 1.36 bits per heavy atom. The first kappa shape index (κ1) is 16.0. The highest BCUT2D eigenvalue weighted by atomic mass is 15.1. The lowest BCUT2D eigenvalue weighted by Gasteiger charge is -2.22. The third-order valence-corrected chi connectivity index (χ3v) is 2.29. The minimum Gasteiger partial charge on any atom is -0.378 e. The van der Waals surface area contributed by atoms with Crippen LogP contribution in [0.3, 0.4) is 0 Å². The van der Waals surface area contributed by atoms with Crippen LogP contribution in [0, 0.1) is 0 Å². The van der Waals surface area contributed by atoms with Crippen molar-refractivity contribution in [2.75, 3.05) is 13.6 Å². The maximum atomic E-state index is 2.33. The topological polar surface area (TPSA) is 3.24 Å². The molecule has 0 aliphatic rings. The number of hydrogen-bond donors (Lipinski definition) is 0. The molecule has 0 N–H and O–H groups in total. The van der Waals surface area contributed by atoms with E-state index >= 15 is 0 Å². The van der Waals surface area contributed by atoms with Crippen molar-refractivity contribution in [2.24, 2.45) is 0 Å². The summed E-state index contributed by atoms with van der Waals surface area (Å²) in [6, 6.07) is 0. The van der Waals surface area contributed by atoms with E-state index in [0.29, 0.717) is 0 Å². The first-order valence-electron chi connectivity index (χ1n) is 5.98. The molecular formula is C13H29N. The summed E-state index contributed by atoms with van der Waals surface area (Å²) in [7, 11) is 2.16. The molecule has 0 aromatic rings. The Morgan fingerprint density at radius 3 is 1.57 bits per heavy atom. The summed E-state index contributed by atoms with van der Waals surface area (Å²) in [6.45, 7) is 14.2. The Labute approximate surface area is 91.2 Å². The van der Waals surface area contributed by atoms with Crippen molar-refractivity contribution in [1.82, 2.24) is 4.90 Å². The molecule has 14 heavy (non-hydrogen) atoms. The smallest absolute Gasteiger partial charge is 0.0143 e. The fourth-order valence-electron chi connectivity index (χ4n) is 1.29. The van der Waals surface area contributed by atoms with Crippen LogP contribution in [0.25, 0.3) is 0 Å². The fourth-order valence-corrected chi connectivity index (χ4v) is 1.29. The van der Waals surface area contributed by atoms with Crippen molar-refractivity contribution in [1.29, 1.82) is 0 Å². The van der Waals surface area contributed by atoms with Gasteiger partial charge in [0.25, 0.3) is 0 Å². The van der Waals surface area contributed by atoms with E-state index in [9.17, 15) is 0 Å². The molecule has 0 unspecified atom stereocenters. The van der Waals surface area contributed by atoms with Crippen molar-refractivity contribution in [3.63, 3.8) is 0 Å². The fraction of sp³-hybridized carbons (Fsp3) is 0.846. The van der Waals surface area contributed by atoms with Gasteiger partial charge in [-0.15, -0.1) is 0 Å². The average Bonchev–Trinajstić information content (AvgIpc) is 2.19. The van der Waals surface area contributed by atoms with E-state index < -0.39 is 0 Å². The molecule has 0 aromatic heterocycles. The Kier molecular flexibility index (Phi) is 12.1. The number of allylic oxidation sites excluding steroid dienone is 2. The number of nitrogens with zero attached hydrogens (tertiary/aromatic N) is 1. The van der Waals surface area contributed by atoms with Gasteiger partial charge in [-0.25, -0.2) is 0 Å². The van der Waals surface area contributed by atoms with Gasteiger partial charge < -0.3 is 4.90 Å². The molecule has 0 spiro atoms. The van der Waals surface area contributed by atoms with Crippen LogP contribution in [0.15, 0.2) is 11.3 Å². The van der Waals surface area contributed by atoms with Gasteiger partial charge in [0.2, 0.25) is 0 Å². The van der Waals surface area contributed by atoms with Crippen molar-refractivity contribution in [3.8, 4) is 0 Å². The first-order chi connectivity index (χ1) is 6.58. The molecule has 0 atom stereocenters. The molecule has 0 rings (SSSR count). The van der Waals surface area contributed by atoms with Crippen LogP contribution < -0.4 is 0 Å². The second-order valence-corrected chi connectivity index (χ2v) is 3.66. The molecule has 0 aromatic carbocycles. The lowest BCUT2D eigenvalue weighted by molar-refractivity contribution is 0.421. The summed E-state index contributed by atoms with van der Waals surface area (Å²) in [5.74, 6) is 0. The van der Waals surface area contributed by atoms with Crippen LogP contribution in [0.1, 0.15) is 60.8 Å². The van der Waals surface area contributed by atoms with E-state index in [4.69, 9.17) is 0 Å². The van der Waals surface area contributed by atoms with E-state index in [2.05, 4.69) is 53.5 Å². The summed E-state index contributed by atoms with van der Waals surface area (Å²) < 4.78 is 0. The van der Waals surface area contributed by atoms with Crippen molar-refractivity contribution < 1.29 is 0 Å². The van der Waals surface area contributed by atoms with Gasteiger partial charge in [-0.2, -0.15) is 0 Å². The minimum absolute atomic E-state index is 1.11. The van der Waals surface area contributed by atoms with E-state index in [1.807, 2.05) is 0 Å². The largest absolute Gasteiger partial charge is 0.378 e. The zero-order valence-electron chi connectivity index (χ0n) is 11.3. The van der Waals surface area contributed by atoms with Gasteiger partial charge in [-0.1, -0.05) is 39.7 Å². The Morgan fingerprint density at radius 1 is 0.929 bits per heavy atom. The van der Waals surface area contributed by atoms with Crippen molar-refractivity contribution in [2.45, 2.75) is 60.8 Å². The molecule has 0 radical (unpaired) electrons. The Balaban J connectivity index is 0. The van der Waals surface area contributed by atoms with E-state index in [1.165, 1.54) is 24.1 Å². The maximum absolute atomic E-state index is 2.33. The molecule has 0 bridgehead atoms. The van der Waals surface area contributed by atoms with Gasteiger partial charge in [0.1, 0.15) is 0 Å². The molecule has 1 heteroatoms. The summed E-state index contributed by atoms with van der Waals surface area (Å²) in [4.78, 5) is 2.33. The quantitative estimate of drug-likeness (QED) is 0.646. The first-order valence-corrected chi connectivity index (χ1v) is 5.98. The predicted molar refractivity (Wildman–Crippen MR) is 67.6 cm³/mol. The second-order valence-electron chi connectivity index (χ2n) is 3.66. The summed E-state index contributed by atoms with van der Waals surface area (Å²) in [5.41, 5.74) is 3.03. The minimum atomic E-state index is 1.11. The molecule has 86 valence electrons. The predicted octanol–water partition coefficient (Wildman–Crippen LogP) is 4.45. The molecular weight excluding hydrogens is 170 g/mol. The molecule has 0 saturated carbocycles. The zero-order chi connectivity index (χ0) is 11.6.